The highest BCUT2D eigenvalue weighted by Crippen LogP contribution is 2.35. The van der Waals surface area contributed by atoms with Crippen molar-refractivity contribution >= 4 is 11.6 Å². The Balaban J connectivity index is 1.53. The predicted molar refractivity (Wildman–Crippen MR) is 116 cm³/mol. The third kappa shape index (κ3) is 4.19. The van der Waals surface area contributed by atoms with Crippen LogP contribution in [0.15, 0.2) is 48.7 Å². The minimum absolute atomic E-state index is 0.00560. The zero-order valence-corrected chi connectivity index (χ0v) is 17.9. The Morgan fingerprint density at radius 3 is 2.48 bits per heavy atom. The molecule has 0 bridgehead atoms. The Morgan fingerprint density at radius 2 is 1.94 bits per heavy atom. The molecule has 0 spiro atoms. The van der Waals surface area contributed by atoms with Gasteiger partial charge in [0.15, 0.2) is 0 Å². The summed E-state index contributed by atoms with van der Waals surface area (Å²) in [5.41, 5.74) is 3.40. The zero-order valence-electron chi connectivity index (χ0n) is 17.9. The van der Waals surface area contributed by atoms with Gasteiger partial charge in [0.2, 0.25) is 0 Å². The van der Waals surface area contributed by atoms with E-state index >= 15 is 0 Å². The van der Waals surface area contributed by atoms with Crippen LogP contribution in [-0.4, -0.2) is 36.5 Å². The molecule has 1 amide bonds. The molecule has 1 aromatic carbocycles. The number of hydrogen-bond acceptors (Lipinski definition) is 5. The molecule has 0 N–H and O–H groups in total. The molecule has 8 nitrogen and oxygen atoms in total. The minimum atomic E-state index is -0.398. The van der Waals surface area contributed by atoms with Gasteiger partial charge >= 0.3 is 5.69 Å². The first kappa shape index (κ1) is 20.7. The second kappa shape index (κ2) is 8.29. The largest absolute Gasteiger partial charge is 0.327 e. The molecule has 1 fully saturated rings. The molecule has 8 heteroatoms. The van der Waals surface area contributed by atoms with Gasteiger partial charge in [-0.15, -0.1) is 0 Å². The molecule has 1 aliphatic rings. The Bertz CT molecular complexity index is 1100. The van der Waals surface area contributed by atoms with Crippen LogP contribution in [0, 0.1) is 24.0 Å². The zero-order chi connectivity index (χ0) is 22.1. The maximum Gasteiger partial charge on any atom is 0.312 e. The van der Waals surface area contributed by atoms with Gasteiger partial charge in [-0.05, 0) is 63.4 Å². The lowest BCUT2D eigenvalue weighted by Gasteiger charge is -2.29. The number of amides is 1. The lowest BCUT2D eigenvalue weighted by atomic mass is 10.1. The summed E-state index contributed by atoms with van der Waals surface area (Å²) in [5, 5.41) is 15.5. The molecule has 1 atom stereocenters. The monoisotopic (exact) mass is 419 g/mol. The molecule has 2 heterocycles. The van der Waals surface area contributed by atoms with Crippen molar-refractivity contribution in [2.75, 3.05) is 0 Å². The number of benzene rings is 1. The van der Waals surface area contributed by atoms with Crippen LogP contribution in [0.25, 0.3) is 0 Å². The maximum absolute atomic E-state index is 13.3. The van der Waals surface area contributed by atoms with E-state index in [1.165, 1.54) is 0 Å². The summed E-state index contributed by atoms with van der Waals surface area (Å²) < 4.78 is 1.63. The molecule has 0 aliphatic heterocycles. The molecule has 1 saturated carbocycles. The molecule has 160 valence electrons. The first-order valence-electron chi connectivity index (χ1n) is 10.4. The second-order valence-corrected chi connectivity index (χ2v) is 8.01. The normalized spacial score (nSPS) is 14.3. The predicted octanol–water partition coefficient (Wildman–Crippen LogP) is 4.22. The third-order valence-corrected chi connectivity index (χ3v) is 5.77. The molecule has 0 saturated heterocycles. The van der Waals surface area contributed by atoms with Crippen LogP contribution < -0.4 is 0 Å². The number of nitrogens with zero attached hydrogens (tertiary/aromatic N) is 5. The fraction of sp³-hybridized carbons (Fsp3) is 0.348. The van der Waals surface area contributed by atoms with Crippen molar-refractivity contribution in [2.45, 2.75) is 52.2 Å². The van der Waals surface area contributed by atoms with E-state index in [2.05, 4.69) is 10.1 Å². The van der Waals surface area contributed by atoms with E-state index < -0.39 is 4.92 Å². The summed E-state index contributed by atoms with van der Waals surface area (Å²) in [5.74, 6) is -0.00560. The van der Waals surface area contributed by atoms with Gasteiger partial charge < -0.3 is 4.90 Å². The van der Waals surface area contributed by atoms with Crippen molar-refractivity contribution in [1.29, 1.82) is 0 Å². The van der Waals surface area contributed by atoms with Gasteiger partial charge in [-0.3, -0.25) is 24.6 Å². The molecule has 1 unspecified atom stereocenters. The van der Waals surface area contributed by atoms with Gasteiger partial charge in [0.05, 0.1) is 23.2 Å². The van der Waals surface area contributed by atoms with Crippen molar-refractivity contribution < 1.29 is 9.72 Å². The van der Waals surface area contributed by atoms with E-state index in [0.29, 0.717) is 23.5 Å². The summed E-state index contributed by atoms with van der Waals surface area (Å²) in [6, 6.07) is 13.3. The van der Waals surface area contributed by atoms with E-state index in [1.807, 2.05) is 54.3 Å². The van der Waals surface area contributed by atoms with Crippen molar-refractivity contribution in [3.63, 3.8) is 0 Å². The summed E-state index contributed by atoms with van der Waals surface area (Å²) in [7, 11) is 0. The quantitative estimate of drug-likeness (QED) is 0.422. The minimum Gasteiger partial charge on any atom is -0.327 e. The highest BCUT2D eigenvalue weighted by Gasteiger charge is 2.37. The highest BCUT2D eigenvalue weighted by molar-refractivity contribution is 5.95. The van der Waals surface area contributed by atoms with E-state index in [-0.39, 0.29) is 23.7 Å². The molecule has 3 aromatic rings. The summed E-state index contributed by atoms with van der Waals surface area (Å²) in [4.78, 5) is 30.5. The van der Waals surface area contributed by atoms with Crippen LogP contribution in [0.5, 0.6) is 0 Å². The number of pyridine rings is 1. The second-order valence-electron chi connectivity index (χ2n) is 8.01. The molecule has 0 radical (unpaired) electrons. The number of carbonyl (C=O) groups is 1. The van der Waals surface area contributed by atoms with Crippen LogP contribution in [0.1, 0.15) is 58.8 Å². The van der Waals surface area contributed by atoms with E-state index in [4.69, 9.17) is 0 Å². The number of aryl methyl sites for hydroxylation is 1. The molecule has 2 aromatic heterocycles. The Morgan fingerprint density at radius 1 is 1.23 bits per heavy atom. The van der Waals surface area contributed by atoms with Gasteiger partial charge in [-0.1, -0.05) is 18.2 Å². The average Bonchev–Trinajstić information content (AvgIpc) is 3.54. The first-order chi connectivity index (χ1) is 14.9. The highest BCUT2D eigenvalue weighted by atomic mass is 16.6. The SMILES string of the molecule is Cc1nn(Cc2ccc(C(=O)N(C3CC3)C(C)c3ccccn3)cc2)c(C)c1[N+](=O)[O-]. The van der Waals surface area contributed by atoms with Crippen molar-refractivity contribution in [3.05, 3.63) is 87.0 Å². The fourth-order valence-electron chi connectivity index (χ4n) is 3.96. The van der Waals surface area contributed by atoms with Crippen LogP contribution >= 0.6 is 0 Å². The van der Waals surface area contributed by atoms with Crippen molar-refractivity contribution in [3.8, 4) is 0 Å². The average molecular weight is 419 g/mol. The van der Waals surface area contributed by atoms with E-state index in [1.54, 1.807) is 24.7 Å². The topological polar surface area (TPSA) is 94.2 Å². The Labute approximate surface area is 180 Å². The van der Waals surface area contributed by atoms with Gasteiger partial charge in [-0.25, -0.2) is 0 Å². The van der Waals surface area contributed by atoms with Gasteiger partial charge in [0.25, 0.3) is 5.91 Å². The smallest absolute Gasteiger partial charge is 0.312 e. The molecular weight excluding hydrogens is 394 g/mol. The molecule has 31 heavy (non-hydrogen) atoms. The Kier molecular flexibility index (Phi) is 5.54. The van der Waals surface area contributed by atoms with Crippen LogP contribution in [0.3, 0.4) is 0 Å². The summed E-state index contributed by atoms with van der Waals surface area (Å²) in [6.45, 7) is 5.76. The van der Waals surface area contributed by atoms with Crippen molar-refractivity contribution in [2.24, 2.45) is 0 Å². The standard InChI is InChI=1S/C23H25N5O3/c1-15-22(28(30)31)17(3)26(25-15)14-18-7-9-19(10-8-18)23(29)27(20-11-12-20)16(2)21-6-4-5-13-24-21/h4-10,13,16,20H,11-12,14H2,1-3H3. The van der Waals surface area contributed by atoms with E-state index in [9.17, 15) is 14.9 Å². The van der Waals surface area contributed by atoms with Gasteiger partial charge in [0, 0.05) is 17.8 Å². The lowest BCUT2D eigenvalue weighted by molar-refractivity contribution is -0.386. The number of nitro groups is 1. The van der Waals surface area contributed by atoms with Crippen molar-refractivity contribution in [1.82, 2.24) is 19.7 Å². The number of aromatic nitrogens is 3. The van der Waals surface area contributed by atoms with Gasteiger partial charge in [0.1, 0.15) is 11.4 Å². The Hall–Kier alpha value is -3.55. The van der Waals surface area contributed by atoms with E-state index in [0.717, 1.165) is 24.1 Å². The third-order valence-electron chi connectivity index (χ3n) is 5.77. The first-order valence-corrected chi connectivity index (χ1v) is 10.4. The number of hydrogen-bond donors (Lipinski definition) is 0. The molecule has 1 aliphatic carbocycles. The maximum atomic E-state index is 13.3. The summed E-state index contributed by atoms with van der Waals surface area (Å²) in [6.07, 6.45) is 3.77. The number of rotatable bonds is 7. The molecule has 4 rings (SSSR count). The van der Waals surface area contributed by atoms with Crippen LogP contribution in [0.4, 0.5) is 5.69 Å². The fourth-order valence-corrected chi connectivity index (χ4v) is 3.96. The summed E-state index contributed by atoms with van der Waals surface area (Å²) >= 11 is 0. The number of carbonyl (C=O) groups excluding carboxylic acids is 1. The van der Waals surface area contributed by atoms with Crippen LogP contribution in [-0.2, 0) is 6.54 Å². The lowest BCUT2D eigenvalue weighted by Crippen LogP contribution is -2.36. The molecular formula is C23H25N5O3. The van der Waals surface area contributed by atoms with Gasteiger partial charge in [-0.2, -0.15) is 5.10 Å². The van der Waals surface area contributed by atoms with Crippen LogP contribution in [0.2, 0.25) is 0 Å².